The number of hydrogen-bond acceptors (Lipinski definition) is 11. The zero-order valence-electron chi connectivity index (χ0n) is 23.7. The Bertz CT molecular complexity index is 1140. The number of ketones is 3. The summed E-state index contributed by atoms with van der Waals surface area (Å²) < 4.78 is 5.13. The first kappa shape index (κ1) is 32.2. The molecule has 0 aromatic heterocycles. The monoisotopic (exact) mass is 573 g/mol. The number of nitrogens with zero attached hydrogens (tertiary/aromatic N) is 2. The molecule has 224 valence electrons. The minimum atomic E-state index is -2.40. The molecular formula is C29H39N3O9. The van der Waals surface area contributed by atoms with Gasteiger partial charge >= 0.3 is 5.97 Å². The van der Waals surface area contributed by atoms with Crippen LogP contribution in [0.2, 0.25) is 0 Å². The van der Waals surface area contributed by atoms with Crippen molar-refractivity contribution in [2.45, 2.75) is 102 Å². The van der Waals surface area contributed by atoms with E-state index in [9.17, 15) is 39.1 Å². The van der Waals surface area contributed by atoms with Gasteiger partial charge in [0.25, 0.3) is 0 Å². The number of esters is 1. The van der Waals surface area contributed by atoms with Crippen molar-refractivity contribution >= 4 is 29.2 Å². The van der Waals surface area contributed by atoms with Gasteiger partial charge < -0.3 is 19.8 Å². The van der Waals surface area contributed by atoms with Crippen molar-refractivity contribution in [2.75, 3.05) is 6.61 Å². The molecule has 1 aromatic rings. The van der Waals surface area contributed by atoms with Crippen LogP contribution in [0.15, 0.2) is 35.5 Å². The molecule has 2 fully saturated rings. The average Bonchev–Trinajstić information content (AvgIpc) is 3.58. The number of fused-ring (bicyclic) bond motifs is 1. The number of Topliss-reactive ketones (excluding diaryl/α,β-unsaturated/α-hetero) is 3. The Kier molecular flexibility index (Phi) is 11.0. The van der Waals surface area contributed by atoms with Gasteiger partial charge in [-0.2, -0.15) is 0 Å². The third-order valence-corrected chi connectivity index (χ3v) is 8.23. The smallest absolute Gasteiger partial charge is 0.323 e. The van der Waals surface area contributed by atoms with E-state index in [1.54, 1.807) is 6.92 Å². The molecule has 3 rings (SSSR count). The first-order valence-electron chi connectivity index (χ1n) is 14.0. The Morgan fingerprint density at radius 2 is 1.83 bits per heavy atom. The molecule has 1 heterocycles. The number of aliphatic hydroxyl groups excluding tert-OH is 1. The standard InChI is InChI=1S/C29H39N3O9/c1-4-24(34)29(3,31-40)25(35)23(33)16-41-28(39)20(14-13-18-9-6-5-7-10-18)30-17(2)26(36)32-21-12-8-11-19(21)15-22(32)27(37)38/h5-7,9-10,17,19-22,27,30,37-38H,4,8,11-16H2,1-3H3. The Labute approximate surface area is 238 Å². The second kappa shape index (κ2) is 14.0. The van der Waals surface area contributed by atoms with Crippen LogP contribution in [0.5, 0.6) is 0 Å². The molecule has 12 nitrogen and oxygen atoms in total. The second-order valence-corrected chi connectivity index (χ2v) is 11.0. The molecule has 6 atom stereocenters. The fourth-order valence-electron chi connectivity index (χ4n) is 5.88. The molecule has 41 heavy (non-hydrogen) atoms. The number of likely N-dealkylation sites (tertiary alicyclic amines) is 1. The second-order valence-electron chi connectivity index (χ2n) is 11.0. The van der Waals surface area contributed by atoms with Gasteiger partial charge in [-0.3, -0.25) is 29.3 Å². The maximum Gasteiger partial charge on any atom is 0.323 e. The molecule has 3 N–H and O–H groups in total. The van der Waals surface area contributed by atoms with E-state index in [4.69, 9.17) is 4.74 Å². The summed E-state index contributed by atoms with van der Waals surface area (Å²) in [4.78, 5) is 76.5. The maximum atomic E-state index is 13.5. The lowest BCUT2D eigenvalue weighted by Crippen LogP contribution is -2.56. The van der Waals surface area contributed by atoms with Gasteiger partial charge in [0.05, 0.1) is 12.1 Å². The van der Waals surface area contributed by atoms with Crippen molar-refractivity contribution in [2.24, 2.45) is 11.1 Å². The summed E-state index contributed by atoms with van der Waals surface area (Å²) >= 11 is 0. The number of hydrogen-bond donors (Lipinski definition) is 3. The van der Waals surface area contributed by atoms with Gasteiger partial charge in [-0.05, 0) is 62.6 Å². The third kappa shape index (κ3) is 7.30. The Morgan fingerprint density at radius 1 is 1.15 bits per heavy atom. The zero-order valence-corrected chi connectivity index (χ0v) is 23.7. The van der Waals surface area contributed by atoms with Crippen LogP contribution >= 0.6 is 0 Å². The van der Waals surface area contributed by atoms with E-state index in [-0.39, 0.29) is 30.7 Å². The average molecular weight is 574 g/mol. The molecule has 0 radical (unpaired) electrons. The SMILES string of the molecule is CCC(=O)C(C)(N=O)C(=O)C(=O)COC(=O)C(CCc1ccccc1)NC(C)C(=O)N1C(C(O)O)CC2CCCC21. The lowest BCUT2D eigenvalue weighted by atomic mass is 9.88. The normalized spacial score (nSPS) is 22.9. The van der Waals surface area contributed by atoms with E-state index in [1.807, 2.05) is 30.3 Å². The van der Waals surface area contributed by atoms with Gasteiger partial charge in [-0.15, -0.1) is 4.91 Å². The lowest BCUT2D eigenvalue weighted by Gasteiger charge is -2.34. The van der Waals surface area contributed by atoms with Crippen LogP contribution < -0.4 is 5.32 Å². The number of amides is 1. The van der Waals surface area contributed by atoms with E-state index in [1.165, 1.54) is 11.8 Å². The summed E-state index contributed by atoms with van der Waals surface area (Å²) in [6.45, 7) is 2.95. The van der Waals surface area contributed by atoms with Crippen LogP contribution in [0.1, 0.15) is 64.9 Å². The van der Waals surface area contributed by atoms with Crippen LogP contribution in [0.25, 0.3) is 0 Å². The number of rotatable bonds is 15. The summed E-state index contributed by atoms with van der Waals surface area (Å²) in [5.74, 6) is -4.54. The van der Waals surface area contributed by atoms with Gasteiger partial charge in [0.2, 0.25) is 23.0 Å². The predicted octanol–water partition coefficient (Wildman–Crippen LogP) is 1.23. The van der Waals surface area contributed by atoms with E-state index in [0.29, 0.717) is 12.8 Å². The molecule has 0 spiro atoms. The molecule has 0 bridgehead atoms. The summed E-state index contributed by atoms with van der Waals surface area (Å²) in [6.07, 6.45) is 1.82. The summed E-state index contributed by atoms with van der Waals surface area (Å²) in [6, 6.07) is 6.44. The Balaban J connectivity index is 1.72. The van der Waals surface area contributed by atoms with E-state index in [0.717, 1.165) is 31.7 Å². The van der Waals surface area contributed by atoms with Crippen molar-refractivity contribution in [3.8, 4) is 0 Å². The quantitative estimate of drug-likeness (QED) is 0.0908. The highest BCUT2D eigenvalue weighted by molar-refractivity contribution is 6.45. The van der Waals surface area contributed by atoms with Crippen molar-refractivity contribution in [3.05, 3.63) is 40.8 Å². The third-order valence-electron chi connectivity index (χ3n) is 8.23. The minimum Gasteiger partial charge on any atom is -0.456 e. The first-order valence-corrected chi connectivity index (χ1v) is 14.0. The van der Waals surface area contributed by atoms with Crippen LogP contribution in [-0.2, 0) is 35.1 Å². The fraction of sp³-hybridized carbons (Fsp3) is 0.621. The molecule has 1 saturated carbocycles. The number of carbonyl (C=O) groups excluding carboxylic acids is 5. The summed E-state index contributed by atoms with van der Waals surface area (Å²) in [7, 11) is 0. The van der Waals surface area contributed by atoms with Gasteiger partial charge in [0.1, 0.15) is 6.04 Å². The molecule has 1 saturated heterocycles. The molecule has 2 aliphatic rings. The molecule has 1 aliphatic heterocycles. The highest BCUT2D eigenvalue weighted by Crippen LogP contribution is 2.42. The van der Waals surface area contributed by atoms with Crippen molar-refractivity contribution in [1.82, 2.24) is 10.2 Å². The molecule has 1 aromatic carbocycles. The van der Waals surface area contributed by atoms with Crippen molar-refractivity contribution in [1.29, 1.82) is 0 Å². The highest BCUT2D eigenvalue weighted by atomic mass is 16.5. The van der Waals surface area contributed by atoms with Gasteiger partial charge in [-0.25, -0.2) is 0 Å². The fourth-order valence-corrected chi connectivity index (χ4v) is 5.88. The van der Waals surface area contributed by atoms with E-state index < -0.39 is 59.9 Å². The predicted molar refractivity (Wildman–Crippen MR) is 146 cm³/mol. The van der Waals surface area contributed by atoms with Crippen LogP contribution in [-0.4, -0.2) is 86.9 Å². The molecule has 12 heteroatoms. The number of nitroso groups, excluding NO2 is 1. The number of aliphatic hydroxyl groups is 2. The van der Waals surface area contributed by atoms with Gasteiger partial charge in [0, 0.05) is 12.5 Å². The topological polar surface area (TPSA) is 180 Å². The largest absolute Gasteiger partial charge is 0.456 e. The van der Waals surface area contributed by atoms with Crippen molar-refractivity contribution in [3.63, 3.8) is 0 Å². The molecule has 1 amide bonds. The molecule has 1 aliphatic carbocycles. The van der Waals surface area contributed by atoms with Crippen LogP contribution in [0, 0.1) is 10.8 Å². The number of ether oxygens (including phenoxy) is 1. The van der Waals surface area contributed by atoms with Gasteiger partial charge in [-0.1, -0.05) is 43.7 Å². The van der Waals surface area contributed by atoms with E-state index >= 15 is 0 Å². The van der Waals surface area contributed by atoms with E-state index in [2.05, 4.69) is 10.5 Å². The van der Waals surface area contributed by atoms with Crippen LogP contribution in [0.3, 0.4) is 0 Å². The first-order chi connectivity index (χ1) is 19.4. The van der Waals surface area contributed by atoms with Gasteiger partial charge in [0.15, 0.2) is 18.7 Å². The highest BCUT2D eigenvalue weighted by Gasteiger charge is 2.49. The number of benzene rings is 1. The van der Waals surface area contributed by atoms with Crippen LogP contribution in [0.4, 0.5) is 0 Å². The Morgan fingerprint density at radius 3 is 2.44 bits per heavy atom. The molecular weight excluding hydrogens is 534 g/mol. The summed E-state index contributed by atoms with van der Waals surface area (Å²) in [5.41, 5.74) is -1.48. The number of carbonyl (C=O) groups is 5. The minimum absolute atomic E-state index is 0.108. The zero-order chi connectivity index (χ0) is 30.3. The Hall–Kier alpha value is -3.35. The van der Waals surface area contributed by atoms with Crippen molar-refractivity contribution < 1.29 is 38.9 Å². The lowest BCUT2D eigenvalue weighted by molar-refractivity contribution is -0.154. The number of nitrogens with one attached hydrogen (secondary N) is 1. The summed E-state index contributed by atoms with van der Waals surface area (Å²) in [5, 5.41) is 25.4. The number of aryl methyl sites for hydroxylation is 1. The molecule has 6 unspecified atom stereocenters. The maximum absolute atomic E-state index is 13.5.